The van der Waals surface area contributed by atoms with Crippen molar-refractivity contribution in [1.82, 2.24) is 14.8 Å². The van der Waals surface area contributed by atoms with Gasteiger partial charge in [0.2, 0.25) is 0 Å². The van der Waals surface area contributed by atoms with Crippen molar-refractivity contribution in [2.45, 2.75) is 0 Å². The molecule has 0 saturated carbocycles. The predicted octanol–water partition coefficient (Wildman–Crippen LogP) is 1.19. The van der Waals surface area contributed by atoms with Crippen LogP contribution in [0.3, 0.4) is 0 Å². The number of ether oxygens (including phenoxy) is 1. The van der Waals surface area contributed by atoms with Crippen LogP contribution in [0.5, 0.6) is 0 Å². The van der Waals surface area contributed by atoms with Gasteiger partial charge in [0, 0.05) is 0 Å². The Morgan fingerprint density at radius 2 is 2.19 bits per heavy atom. The minimum absolute atomic E-state index is 0.106. The average Bonchev–Trinajstić information content (AvgIpc) is 2.78. The number of hydrogen-bond acceptors (Lipinski definition) is 4. The Hall–Kier alpha value is -2.24. The van der Waals surface area contributed by atoms with Crippen LogP contribution in [0.25, 0.3) is 5.69 Å². The minimum Gasteiger partial charge on any atom is -0.463 e. The molecule has 1 heterocycles. The van der Waals surface area contributed by atoms with Gasteiger partial charge >= 0.3 is 5.97 Å². The van der Waals surface area contributed by atoms with Crippen LogP contribution in [0, 0.1) is 5.82 Å². The van der Waals surface area contributed by atoms with Gasteiger partial charge < -0.3 is 4.74 Å². The van der Waals surface area contributed by atoms with Gasteiger partial charge in [0.15, 0.2) is 0 Å². The number of methoxy groups -OCH3 is 1. The molecule has 0 unspecified atom stereocenters. The number of carbonyl (C=O) groups excluding carboxylic acids is 1. The van der Waals surface area contributed by atoms with Crippen LogP contribution in [-0.4, -0.2) is 27.8 Å². The van der Waals surface area contributed by atoms with Crippen molar-refractivity contribution in [3.63, 3.8) is 0 Å². The lowest BCUT2D eigenvalue weighted by molar-refractivity contribution is 0.0587. The SMILES string of the molecule is COC(=O)c1ncn(-c2ccccc2F)n1. The molecule has 0 spiro atoms. The number of benzene rings is 1. The van der Waals surface area contributed by atoms with E-state index < -0.39 is 11.8 Å². The van der Waals surface area contributed by atoms with Gasteiger partial charge in [-0.05, 0) is 12.1 Å². The quantitative estimate of drug-likeness (QED) is 0.715. The molecule has 1 aromatic carbocycles. The zero-order valence-corrected chi connectivity index (χ0v) is 8.42. The molecule has 0 atom stereocenters. The molecule has 0 aliphatic carbocycles. The number of para-hydroxylation sites is 1. The monoisotopic (exact) mass is 221 g/mol. The van der Waals surface area contributed by atoms with Crippen LogP contribution in [-0.2, 0) is 4.74 Å². The lowest BCUT2D eigenvalue weighted by atomic mass is 10.3. The molecule has 0 N–H and O–H groups in total. The Morgan fingerprint density at radius 3 is 2.88 bits per heavy atom. The summed E-state index contributed by atoms with van der Waals surface area (Å²) in [6, 6.07) is 6.06. The molecule has 2 aromatic rings. The Kier molecular flexibility index (Phi) is 2.63. The first-order valence-corrected chi connectivity index (χ1v) is 4.47. The molecule has 2 rings (SSSR count). The Balaban J connectivity index is 2.39. The maximum atomic E-state index is 13.4. The first kappa shape index (κ1) is 10.3. The van der Waals surface area contributed by atoms with Gasteiger partial charge in [-0.3, -0.25) is 0 Å². The van der Waals surface area contributed by atoms with E-state index in [1.165, 1.54) is 30.3 Å². The molecule has 5 nitrogen and oxygen atoms in total. The third-order valence-electron chi connectivity index (χ3n) is 1.96. The molecule has 82 valence electrons. The van der Waals surface area contributed by atoms with E-state index in [1.54, 1.807) is 12.1 Å². The number of halogens is 1. The molecule has 0 fully saturated rings. The third kappa shape index (κ3) is 1.77. The van der Waals surface area contributed by atoms with Gasteiger partial charge in [0.25, 0.3) is 5.82 Å². The van der Waals surface area contributed by atoms with Gasteiger partial charge in [-0.25, -0.2) is 18.9 Å². The lowest BCUT2D eigenvalue weighted by Crippen LogP contribution is -2.05. The van der Waals surface area contributed by atoms with Crippen LogP contribution in [0.15, 0.2) is 30.6 Å². The molecule has 16 heavy (non-hydrogen) atoms. The maximum Gasteiger partial charge on any atom is 0.377 e. The zero-order valence-electron chi connectivity index (χ0n) is 8.42. The molecule has 0 amide bonds. The second-order valence-corrected chi connectivity index (χ2v) is 2.96. The maximum absolute atomic E-state index is 13.4. The summed E-state index contributed by atoms with van der Waals surface area (Å²) in [6.07, 6.45) is 1.25. The van der Waals surface area contributed by atoms with E-state index in [0.717, 1.165) is 0 Å². The fraction of sp³-hybridized carbons (Fsp3) is 0.100. The van der Waals surface area contributed by atoms with Crippen LogP contribution in [0.4, 0.5) is 4.39 Å². The van der Waals surface area contributed by atoms with Gasteiger partial charge in [-0.15, -0.1) is 5.10 Å². The van der Waals surface area contributed by atoms with Gasteiger partial charge in [-0.2, -0.15) is 0 Å². The van der Waals surface area contributed by atoms with Crippen LogP contribution in [0.2, 0.25) is 0 Å². The summed E-state index contributed by atoms with van der Waals surface area (Å²) in [5.74, 6) is -1.20. The van der Waals surface area contributed by atoms with Crippen molar-refractivity contribution in [1.29, 1.82) is 0 Å². The molecule has 0 saturated heterocycles. The number of aromatic nitrogens is 3. The zero-order chi connectivity index (χ0) is 11.5. The molecule has 1 aromatic heterocycles. The number of esters is 1. The van der Waals surface area contributed by atoms with Crippen molar-refractivity contribution in [2.24, 2.45) is 0 Å². The number of hydrogen-bond donors (Lipinski definition) is 0. The Morgan fingerprint density at radius 1 is 1.44 bits per heavy atom. The summed E-state index contributed by atoms with van der Waals surface area (Å²) in [4.78, 5) is 14.8. The van der Waals surface area contributed by atoms with E-state index in [4.69, 9.17) is 0 Å². The normalized spacial score (nSPS) is 10.1. The molecular formula is C10H8FN3O2. The molecule has 0 radical (unpaired) electrons. The summed E-state index contributed by atoms with van der Waals surface area (Å²) in [6.45, 7) is 0. The third-order valence-corrected chi connectivity index (χ3v) is 1.96. The van der Waals surface area contributed by atoms with Gasteiger partial charge in [0.05, 0.1) is 7.11 Å². The van der Waals surface area contributed by atoms with E-state index in [9.17, 15) is 9.18 Å². The topological polar surface area (TPSA) is 57.0 Å². The average molecular weight is 221 g/mol. The number of carbonyl (C=O) groups is 1. The Bertz CT molecular complexity index is 524. The highest BCUT2D eigenvalue weighted by Gasteiger charge is 2.13. The largest absolute Gasteiger partial charge is 0.463 e. The smallest absolute Gasteiger partial charge is 0.377 e. The summed E-state index contributed by atoms with van der Waals surface area (Å²) in [7, 11) is 1.23. The van der Waals surface area contributed by atoms with E-state index in [2.05, 4.69) is 14.8 Å². The van der Waals surface area contributed by atoms with E-state index >= 15 is 0 Å². The molecule has 0 aliphatic heterocycles. The summed E-state index contributed by atoms with van der Waals surface area (Å²) >= 11 is 0. The second-order valence-electron chi connectivity index (χ2n) is 2.96. The molecule has 0 bridgehead atoms. The highest BCUT2D eigenvalue weighted by molar-refractivity contribution is 5.84. The number of rotatable bonds is 2. The van der Waals surface area contributed by atoms with Crippen LogP contribution < -0.4 is 0 Å². The van der Waals surface area contributed by atoms with E-state index in [1.807, 2.05) is 0 Å². The van der Waals surface area contributed by atoms with Gasteiger partial charge in [0.1, 0.15) is 17.8 Å². The lowest BCUT2D eigenvalue weighted by Gasteiger charge is -2.00. The fourth-order valence-corrected chi connectivity index (χ4v) is 1.20. The van der Waals surface area contributed by atoms with Crippen molar-refractivity contribution in [3.8, 4) is 5.69 Å². The highest BCUT2D eigenvalue weighted by atomic mass is 19.1. The summed E-state index contributed by atoms with van der Waals surface area (Å²) < 4.78 is 19.0. The van der Waals surface area contributed by atoms with Crippen LogP contribution in [0.1, 0.15) is 10.6 Å². The molecular weight excluding hydrogens is 213 g/mol. The van der Waals surface area contributed by atoms with E-state index in [0.29, 0.717) is 0 Å². The molecule has 6 heteroatoms. The minimum atomic E-state index is -0.657. The second kappa shape index (κ2) is 4.09. The Labute approximate surface area is 90.5 Å². The van der Waals surface area contributed by atoms with Crippen molar-refractivity contribution >= 4 is 5.97 Å². The predicted molar refractivity (Wildman–Crippen MR) is 52.7 cm³/mol. The van der Waals surface area contributed by atoms with E-state index in [-0.39, 0.29) is 11.5 Å². The van der Waals surface area contributed by atoms with Gasteiger partial charge in [-0.1, -0.05) is 12.1 Å². The van der Waals surface area contributed by atoms with Crippen molar-refractivity contribution in [3.05, 3.63) is 42.2 Å². The summed E-state index contributed by atoms with van der Waals surface area (Å²) in [5, 5.41) is 3.80. The highest BCUT2D eigenvalue weighted by Crippen LogP contribution is 2.10. The fourth-order valence-electron chi connectivity index (χ4n) is 1.20. The first-order valence-electron chi connectivity index (χ1n) is 4.47. The van der Waals surface area contributed by atoms with Crippen LogP contribution >= 0.6 is 0 Å². The number of nitrogens with zero attached hydrogens (tertiary/aromatic N) is 3. The van der Waals surface area contributed by atoms with Crippen molar-refractivity contribution in [2.75, 3.05) is 7.11 Å². The summed E-state index contributed by atoms with van der Waals surface area (Å²) in [5.41, 5.74) is 0.227. The molecule has 0 aliphatic rings. The first-order chi connectivity index (χ1) is 7.72. The standard InChI is InChI=1S/C10H8FN3O2/c1-16-10(15)9-12-6-14(13-9)8-5-3-2-4-7(8)11/h2-6H,1H3. The van der Waals surface area contributed by atoms with Crippen molar-refractivity contribution < 1.29 is 13.9 Å².